The third-order valence-corrected chi connectivity index (χ3v) is 13.0. The molecule has 266 valence electrons. The highest BCUT2D eigenvalue weighted by Crippen LogP contribution is 2.60. The number of hydrogen-bond acceptors (Lipinski definition) is 10. The van der Waals surface area contributed by atoms with Crippen molar-refractivity contribution in [3.63, 3.8) is 0 Å². The summed E-state index contributed by atoms with van der Waals surface area (Å²) in [6, 6.07) is 13.7. The predicted octanol–water partition coefficient (Wildman–Crippen LogP) is 1.12. The van der Waals surface area contributed by atoms with Crippen LogP contribution in [0.25, 0.3) is 0 Å². The fourth-order valence-electron chi connectivity index (χ4n) is 8.18. The van der Waals surface area contributed by atoms with Crippen LogP contribution in [0.1, 0.15) is 37.3 Å². The van der Waals surface area contributed by atoms with E-state index < -0.39 is 74.1 Å². The van der Waals surface area contributed by atoms with E-state index in [0.717, 1.165) is 12.0 Å². The number of fused-ring (bicyclic) bond motifs is 2. The van der Waals surface area contributed by atoms with Crippen molar-refractivity contribution in [2.45, 2.75) is 99.8 Å². The SMILES string of the molecule is C[C@@H]1[C@@H]([Si](C)(C)F)[C@H](CC(=O)N2CCC[C@H]2CO)O[C@@]12C(=O)N(Cc1ccccc1)c1ccc(NC(=O)[C@H]3O[C@@H](O)[C@H](O)[C@@H](O)[C@@H]3O)cc12. The Labute approximate surface area is 284 Å². The molecule has 15 heteroatoms. The van der Waals surface area contributed by atoms with Crippen LogP contribution in [0.3, 0.4) is 0 Å². The number of nitrogens with one attached hydrogen (secondary N) is 1. The van der Waals surface area contributed by atoms with Crippen molar-refractivity contribution >= 4 is 37.5 Å². The fraction of sp³-hybridized carbons (Fsp3) is 0.559. The number of aliphatic hydroxyl groups excluding tert-OH is 5. The highest BCUT2D eigenvalue weighted by molar-refractivity contribution is 6.72. The quantitative estimate of drug-likeness (QED) is 0.172. The lowest BCUT2D eigenvalue weighted by Crippen LogP contribution is -2.60. The molecular formula is C34H44FN3O10Si. The Morgan fingerprint density at radius 2 is 1.78 bits per heavy atom. The van der Waals surface area contributed by atoms with Gasteiger partial charge in [-0.1, -0.05) is 37.3 Å². The van der Waals surface area contributed by atoms with Gasteiger partial charge in [0.05, 0.1) is 37.4 Å². The summed E-state index contributed by atoms with van der Waals surface area (Å²) in [7, 11) is -3.61. The Balaban J connectivity index is 1.38. The number of halogens is 1. The Hall–Kier alpha value is -3.28. The van der Waals surface area contributed by atoms with E-state index in [-0.39, 0.29) is 37.2 Å². The van der Waals surface area contributed by atoms with E-state index in [1.165, 1.54) is 19.2 Å². The zero-order chi connectivity index (χ0) is 35.4. The van der Waals surface area contributed by atoms with Crippen molar-refractivity contribution in [2.75, 3.05) is 23.4 Å². The molecule has 4 heterocycles. The molecule has 0 unspecified atom stereocenters. The molecule has 3 amide bonds. The first-order valence-corrected chi connectivity index (χ1v) is 19.6. The molecule has 3 fully saturated rings. The summed E-state index contributed by atoms with van der Waals surface area (Å²) in [6.07, 6.45) is -8.89. The molecule has 0 aliphatic carbocycles. The van der Waals surface area contributed by atoms with Gasteiger partial charge in [0, 0.05) is 29.3 Å². The Morgan fingerprint density at radius 1 is 1.06 bits per heavy atom. The summed E-state index contributed by atoms with van der Waals surface area (Å²) in [5.41, 5.74) is -0.640. The molecule has 3 saturated heterocycles. The van der Waals surface area contributed by atoms with Gasteiger partial charge in [-0.15, -0.1) is 0 Å². The van der Waals surface area contributed by atoms with Crippen molar-refractivity contribution in [1.29, 1.82) is 0 Å². The molecule has 6 rings (SSSR count). The van der Waals surface area contributed by atoms with E-state index in [4.69, 9.17) is 9.47 Å². The number of aliphatic hydroxyl groups is 5. The minimum atomic E-state index is -3.61. The fourth-order valence-corrected chi connectivity index (χ4v) is 10.7. The van der Waals surface area contributed by atoms with E-state index >= 15 is 4.11 Å². The molecule has 0 saturated carbocycles. The third kappa shape index (κ3) is 6.20. The van der Waals surface area contributed by atoms with Gasteiger partial charge in [-0.3, -0.25) is 14.4 Å². The molecule has 49 heavy (non-hydrogen) atoms. The number of amides is 3. The summed E-state index contributed by atoms with van der Waals surface area (Å²) < 4.78 is 28.2. The number of carbonyl (C=O) groups is 3. The van der Waals surface area contributed by atoms with Crippen molar-refractivity contribution in [3.05, 3.63) is 59.7 Å². The second kappa shape index (κ2) is 13.4. The normalized spacial score (nSPS) is 34.5. The molecule has 2 aromatic rings. The van der Waals surface area contributed by atoms with E-state index in [2.05, 4.69) is 5.32 Å². The molecule has 0 aromatic heterocycles. The Kier molecular flexibility index (Phi) is 9.75. The first-order chi connectivity index (χ1) is 23.2. The minimum absolute atomic E-state index is 0.162. The van der Waals surface area contributed by atoms with Gasteiger partial charge in [-0.25, -0.2) is 0 Å². The maximum atomic E-state index is 16.3. The number of benzene rings is 2. The van der Waals surface area contributed by atoms with Gasteiger partial charge >= 0.3 is 0 Å². The maximum Gasteiger partial charge on any atom is 0.264 e. The van der Waals surface area contributed by atoms with Gasteiger partial charge in [0.15, 0.2) is 18.0 Å². The molecule has 4 aliphatic rings. The van der Waals surface area contributed by atoms with Crippen LogP contribution in [-0.4, -0.2) is 113 Å². The zero-order valence-electron chi connectivity index (χ0n) is 27.6. The Bertz CT molecular complexity index is 1580. The van der Waals surface area contributed by atoms with Crippen molar-refractivity contribution in [1.82, 2.24) is 4.90 Å². The second-order valence-electron chi connectivity index (χ2n) is 14.1. The number of carbonyl (C=O) groups excluding carboxylic acids is 3. The van der Waals surface area contributed by atoms with Crippen LogP contribution in [0.15, 0.2) is 48.5 Å². The van der Waals surface area contributed by atoms with Gasteiger partial charge in [-0.2, -0.15) is 0 Å². The number of nitrogens with zero attached hydrogens (tertiary/aromatic N) is 2. The monoisotopic (exact) mass is 701 g/mol. The van der Waals surface area contributed by atoms with Crippen molar-refractivity contribution < 1.29 is 53.5 Å². The maximum absolute atomic E-state index is 16.3. The van der Waals surface area contributed by atoms with Gasteiger partial charge < -0.3 is 54.2 Å². The number of hydrogen-bond donors (Lipinski definition) is 6. The number of likely N-dealkylation sites (tertiary alicyclic amines) is 1. The zero-order valence-corrected chi connectivity index (χ0v) is 28.6. The lowest BCUT2D eigenvalue weighted by atomic mass is 9.82. The first kappa shape index (κ1) is 35.5. The average Bonchev–Trinajstić information content (AvgIpc) is 3.72. The molecule has 6 N–H and O–H groups in total. The van der Waals surface area contributed by atoms with Gasteiger partial charge in [0.1, 0.15) is 18.3 Å². The molecule has 4 aliphatic heterocycles. The van der Waals surface area contributed by atoms with E-state index in [0.29, 0.717) is 24.2 Å². The molecule has 0 radical (unpaired) electrons. The smallest absolute Gasteiger partial charge is 0.264 e. The Morgan fingerprint density at radius 3 is 2.45 bits per heavy atom. The minimum Gasteiger partial charge on any atom is -0.394 e. The van der Waals surface area contributed by atoms with Crippen molar-refractivity contribution in [2.24, 2.45) is 5.92 Å². The summed E-state index contributed by atoms with van der Waals surface area (Å²) in [4.78, 5) is 44.8. The first-order valence-electron chi connectivity index (χ1n) is 16.6. The van der Waals surface area contributed by atoms with Crippen LogP contribution >= 0.6 is 0 Å². The number of anilines is 2. The van der Waals surface area contributed by atoms with Crippen LogP contribution in [-0.2, 0) is 36.0 Å². The van der Waals surface area contributed by atoms with Gasteiger partial charge in [0.25, 0.3) is 11.8 Å². The van der Waals surface area contributed by atoms with Crippen LogP contribution in [0, 0.1) is 5.92 Å². The largest absolute Gasteiger partial charge is 0.394 e. The van der Waals surface area contributed by atoms with Crippen LogP contribution in [0.5, 0.6) is 0 Å². The van der Waals surface area contributed by atoms with Crippen molar-refractivity contribution in [3.8, 4) is 0 Å². The molecular weight excluding hydrogens is 657 g/mol. The lowest BCUT2D eigenvalue weighted by molar-refractivity contribution is -0.274. The van der Waals surface area contributed by atoms with E-state index in [1.807, 2.05) is 30.3 Å². The van der Waals surface area contributed by atoms with E-state index in [1.54, 1.807) is 28.9 Å². The number of rotatable bonds is 8. The summed E-state index contributed by atoms with van der Waals surface area (Å²) >= 11 is 0. The van der Waals surface area contributed by atoms with Gasteiger partial charge in [-0.05, 0) is 49.7 Å². The molecule has 13 nitrogen and oxygen atoms in total. The lowest BCUT2D eigenvalue weighted by Gasteiger charge is -2.37. The topological polar surface area (TPSA) is 189 Å². The highest BCUT2D eigenvalue weighted by Gasteiger charge is 2.67. The second-order valence-corrected chi connectivity index (χ2v) is 17.9. The summed E-state index contributed by atoms with van der Waals surface area (Å²) in [6.45, 7) is 5.30. The highest BCUT2D eigenvalue weighted by atomic mass is 28.4. The van der Waals surface area contributed by atoms with Gasteiger partial charge in [0.2, 0.25) is 14.3 Å². The molecule has 1 spiro atoms. The molecule has 2 aromatic carbocycles. The van der Waals surface area contributed by atoms with Crippen LogP contribution in [0.4, 0.5) is 15.5 Å². The third-order valence-electron chi connectivity index (χ3n) is 10.5. The standard InChI is InChI=1S/C34H44FN3O10Si/c1-18-30(49(2,3)35)24(15-25(40)37-13-7-10-21(37)17-39)48-34(18)22-14-20(36-31(44)29-27(42)26(41)28(43)32(45)47-29)11-12-23(22)38(33(34)46)16-19-8-5-4-6-9-19/h4-6,8-9,11-12,14,18,21,24,26-30,32,39,41-43,45H,7,10,13,15-17H2,1-3H3,(H,36,44)/t18-,21+,24+,26+,27+,28-,29+,30-,32-,34+/m1/s1. The summed E-state index contributed by atoms with van der Waals surface area (Å²) in [5, 5.41) is 52.7. The van der Waals surface area contributed by atoms with Crippen LogP contribution in [0.2, 0.25) is 18.6 Å². The summed E-state index contributed by atoms with van der Waals surface area (Å²) in [5.74, 6) is -2.36. The number of ether oxygens (including phenoxy) is 2. The average molecular weight is 702 g/mol. The van der Waals surface area contributed by atoms with E-state index in [9.17, 15) is 39.9 Å². The van der Waals surface area contributed by atoms with Crippen LogP contribution < -0.4 is 10.2 Å². The molecule has 0 bridgehead atoms. The predicted molar refractivity (Wildman–Crippen MR) is 176 cm³/mol. The molecule has 10 atom stereocenters.